The molecule has 1 aliphatic rings. The molecule has 0 aliphatic carbocycles. The van der Waals surface area contributed by atoms with Gasteiger partial charge in [0.2, 0.25) is 0 Å². The first kappa shape index (κ1) is 19.1. The summed E-state index contributed by atoms with van der Waals surface area (Å²) in [6, 6.07) is 11.6. The van der Waals surface area contributed by atoms with E-state index in [1.165, 1.54) is 0 Å². The molecule has 0 bridgehead atoms. The molecular formula is C22H25N3O4. The first-order chi connectivity index (χ1) is 14.2. The Kier molecular flexibility index (Phi) is 5.55. The summed E-state index contributed by atoms with van der Waals surface area (Å²) in [4.78, 5) is 2.26. The van der Waals surface area contributed by atoms with E-state index in [2.05, 4.69) is 15.1 Å². The molecule has 2 aromatic carbocycles. The summed E-state index contributed by atoms with van der Waals surface area (Å²) in [5.41, 5.74) is 0. The van der Waals surface area contributed by atoms with Crippen LogP contribution in [0.25, 0.3) is 10.8 Å². The van der Waals surface area contributed by atoms with Gasteiger partial charge in [-0.15, -0.1) is 5.10 Å². The lowest BCUT2D eigenvalue weighted by Gasteiger charge is -2.33. The lowest BCUT2D eigenvalue weighted by atomic mass is 10.1. The quantitative estimate of drug-likeness (QED) is 0.630. The molecule has 2 heterocycles. The van der Waals surface area contributed by atoms with Gasteiger partial charge in [-0.1, -0.05) is 0 Å². The maximum absolute atomic E-state index is 6.14. The van der Waals surface area contributed by atoms with Crippen molar-refractivity contribution in [1.82, 2.24) is 10.2 Å². The van der Waals surface area contributed by atoms with Gasteiger partial charge in [-0.2, -0.15) is 5.10 Å². The number of methoxy groups -OCH3 is 3. The maximum atomic E-state index is 6.14. The summed E-state index contributed by atoms with van der Waals surface area (Å²) in [7, 11) is 4.93. The van der Waals surface area contributed by atoms with Gasteiger partial charge < -0.3 is 23.8 Å². The Labute approximate surface area is 170 Å². The van der Waals surface area contributed by atoms with Crippen molar-refractivity contribution in [2.75, 3.05) is 39.3 Å². The van der Waals surface area contributed by atoms with E-state index >= 15 is 0 Å². The highest BCUT2D eigenvalue weighted by Crippen LogP contribution is 2.36. The van der Waals surface area contributed by atoms with E-state index in [0.29, 0.717) is 11.5 Å². The van der Waals surface area contributed by atoms with Crippen LogP contribution >= 0.6 is 0 Å². The Balaban J connectivity index is 1.48. The number of nitrogens with zero attached hydrogens (tertiary/aromatic N) is 3. The molecule has 1 fully saturated rings. The average Bonchev–Trinajstić information content (AvgIpc) is 2.78. The third kappa shape index (κ3) is 3.99. The first-order valence-electron chi connectivity index (χ1n) is 9.65. The van der Waals surface area contributed by atoms with Crippen LogP contribution in [0.3, 0.4) is 0 Å². The first-order valence-corrected chi connectivity index (χ1v) is 9.65. The van der Waals surface area contributed by atoms with Crippen LogP contribution in [-0.4, -0.2) is 50.7 Å². The normalized spacial score (nSPS) is 14.7. The van der Waals surface area contributed by atoms with Crippen molar-refractivity contribution in [2.45, 2.75) is 18.9 Å². The zero-order chi connectivity index (χ0) is 20.2. The smallest absolute Gasteiger partial charge is 0.161 e. The van der Waals surface area contributed by atoms with E-state index < -0.39 is 0 Å². The van der Waals surface area contributed by atoms with Crippen LogP contribution in [0.4, 0.5) is 5.82 Å². The van der Waals surface area contributed by atoms with Crippen molar-refractivity contribution >= 4 is 16.6 Å². The minimum absolute atomic E-state index is 0.178. The van der Waals surface area contributed by atoms with Crippen LogP contribution in [0.1, 0.15) is 12.8 Å². The Hall–Kier alpha value is -3.22. The molecule has 1 saturated heterocycles. The fraction of sp³-hybridized carbons (Fsp3) is 0.364. The predicted octanol–water partition coefficient (Wildman–Crippen LogP) is 3.70. The van der Waals surface area contributed by atoms with Crippen LogP contribution in [0.2, 0.25) is 0 Å². The highest BCUT2D eigenvalue weighted by Gasteiger charge is 2.23. The van der Waals surface area contributed by atoms with Crippen molar-refractivity contribution in [3.63, 3.8) is 0 Å². The van der Waals surface area contributed by atoms with Gasteiger partial charge in [0.05, 0.1) is 27.5 Å². The second-order valence-corrected chi connectivity index (χ2v) is 6.94. The van der Waals surface area contributed by atoms with Crippen molar-refractivity contribution in [2.24, 2.45) is 0 Å². The molecule has 0 saturated carbocycles. The summed E-state index contributed by atoms with van der Waals surface area (Å²) in [6.45, 7) is 1.70. The molecule has 4 rings (SSSR count). The summed E-state index contributed by atoms with van der Waals surface area (Å²) in [6.07, 6.45) is 3.76. The summed E-state index contributed by atoms with van der Waals surface area (Å²) in [5, 5.41) is 10.6. The molecule has 3 aromatic rings. The molecule has 1 aliphatic heterocycles. The number of benzene rings is 2. The van der Waals surface area contributed by atoms with Gasteiger partial charge in [0.1, 0.15) is 17.6 Å². The molecule has 0 amide bonds. The van der Waals surface area contributed by atoms with Crippen LogP contribution in [0.15, 0.2) is 42.6 Å². The van der Waals surface area contributed by atoms with Gasteiger partial charge in [-0.05, 0) is 36.4 Å². The third-order valence-corrected chi connectivity index (χ3v) is 5.25. The SMILES string of the molecule is COc1ccc(OC2CCN(c3nncc4cc(OC)c(OC)cc34)CC2)cc1. The minimum Gasteiger partial charge on any atom is -0.497 e. The number of rotatable bonds is 6. The number of aromatic nitrogens is 2. The molecule has 0 radical (unpaired) electrons. The second-order valence-electron chi connectivity index (χ2n) is 6.94. The molecule has 0 atom stereocenters. The zero-order valence-corrected chi connectivity index (χ0v) is 16.9. The molecule has 0 spiro atoms. The largest absolute Gasteiger partial charge is 0.497 e. The van der Waals surface area contributed by atoms with Crippen LogP contribution in [0.5, 0.6) is 23.0 Å². The molecule has 1 aromatic heterocycles. The lowest BCUT2D eigenvalue weighted by molar-refractivity contribution is 0.170. The van der Waals surface area contributed by atoms with Crippen LogP contribution in [-0.2, 0) is 0 Å². The van der Waals surface area contributed by atoms with Crippen molar-refractivity contribution < 1.29 is 18.9 Å². The maximum Gasteiger partial charge on any atom is 0.161 e. The Morgan fingerprint density at radius 1 is 0.862 bits per heavy atom. The third-order valence-electron chi connectivity index (χ3n) is 5.25. The summed E-state index contributed by atoms with van der Waals surface area (Å²) in [5.74, 6) is 3.93. The Morgan fingerprint density at radius 2 is 1.52 bits per heavy atom. The van der Waals surface area contributed by atoms with E-state index in [9.17, 15) is 0 Å². The van der Waals surface area contributed by atoms with Crippen molar-refractivity contribution in [3.8, 4) is 23.0 Å². The van der Waals surface area contributed by atoms with E-state index in [0.717, 1.165) is 54.0 Å². The van der Waals surface area contributed by atoms with Gasteiger partial charge in [0.15, 0.2) is 17.3 Å². The van der Waals surface area contributed by atoms with E-state index in [-0.39, 0.29) is 6.10 Å². The average molecular weight is 395 g/mol. The summed E-state index contributed by atoms with van der Waals surface area (Å²) < 4.78 is 22.2. The van der Waals surface area contributed by atoms with Gasteiger partial charge in [0, 0.05) is 36.7 Å². The molecule has 7 nitrogen and oxygen atoms in total. The molecular weight excluding hydrogens is 370 g/mol. The molecule has 7 heteroatoms. The van der Waals surface area contributed by atoms with Crippen LogP contribution in [0, 0.1) is 0 Å². The lowest BCUT2D eigenvalue weighted by Crippen LogP contribution is -2.38. The highest BCUT2D eigenvalue weighted by molar-refractivity contribution is 5.94. The summed E-state index contributed by atoms with van der Waals surface area (Å²) >= 11 is 0. The molecule has 0 N–H and O–H groups in total. The van der Waals surface area contributed by atoms with E-state index in [1.54, 1.807) is 27.5 Å². The standard InChI is InChI=1S/C22H25N3O4/c1-26-16-4-6-17(7-5-16)29-18-8-10-25(11-9-18)22-19-13-21(28-3)20(27-2)12-15(19)14-23-24-22/h4-7,12-14,18H,8-11H2,1-3H3. The van der Waals surface area contributed by atoms with Gasteiger partial charge in [0.25, 0.3) is 0 Å². The number of hydrogen-bond acceptors (Lipinski definition) is 7. The molecule has 29 heavy (non-hydrogen) atoms. The Morgan fingerprint density at radius 3 is 2.17 bits per heavy atom. The Bertz CT molecular complexity index is 970. The second kappa shape index (κ2) is 8.43. The van der Waals surface area contributed by atoms with E-state index in [1.807, 2.05) is 36.4 Å². The fourth-order valence-corrected chi connectivity index (χ4v) is 3.66. The number of piperidine rings is 1. The van der Waals surface area contributed by atoms with Gasteiger partial charge in [-0.3, -0.25) is 0 Å². The number of hydrogen-bond donors (Lipinski definition) is 0. The predicted molar refractivity (Wildman–Crippen MR) is 111 cm³/mol. The number of anilines is 1. The fourth-order valence-electron chi connectivity index (χ4n) is 3.66. The van der Waals surface area contributed by atoms with Crippen molar-refractivity contribution in [3.05, 3.63) is 42.6 Å². The minimum atomic E-state index is 0.178. The van der Waals surface area contributed by atoms with Gasteiger partial charge in [-0.25, -0.2) is 0 Å². The van der Waals surface area contributed by atoms with Crippen LogP contribution < -0.4 is 23.8 Å². The van der Waals surface area contributed by atoms with Gasteiger partial charge >= 0.3 is 0 Å². The highest BCUT2D eigenvalue weighted by atomic mass is 16.5. The number of ether oxygens (including phenoxy) is 4. The molecule has 152 valence electrons. The zero-order valence-electron chi connectivity index (χ0n) is 16.9. The molecule has 0 unspecified atom stereocenters. The number of fused-ring (bicyclic) bond motifs is 1. The topological polar surface area (TPSA) is 65.9 Å². The van der Waals surface area contributed by atoms with E-state index in [4.69, 9.17) is 18.9 Å². The van der Waals surface area contributed by atoms with Crippen molar-refractivity contribution in [1.29, 1.82) is 0 Å². The monoisotopic (exact) mass is 395 g/mol.